The zero-order valence-electron chi connectivity index (χ0n) is 16.8. The predicted molar refractivity (Wildman–Crippen MR) is 111 cm³/mol. The first-order chi connectivity index (χ1) is 14.1. The van der Waals surface area contributed by atoms with Crippen molar-refractivity contribution in [3.05, 3.63) is 48.5 Å². The van der Waals surface area contributed by atoms with Crippen molar-refractivity contribution in [2.75, 3.05) is 24.7 Å². The van der Waals surface area contributed by atoms with Gasteiger partial charge < -0.3 is 41.4 Å². The Kier molecular flexibility index (Phi) is 12.8. The molecule has 2 unspecified atom stereocenters. The monoisotopic (exact) mass is 424 g/mol. The summed E-state index contributed by atoms with van der Waals surface area (Å²) < 4.78 is 10.4. The molecule has 0 spiro atoms. The Bertz CT molecular complexity index is 719. The predicted octanol–water partition coefficient (Wildman–Crippen LogP) is 1.21. The van der Waals surface area contributed by atoms with Crippen LogP contribution >= 0.6 is 0 Å². The van der Waals surface area contributed by atoms with Gasteiger partial charge in [-0.25, -0.2) is 9.59 Å². The van der Waals surface area contributed by atoms with Crippen LogP contribution in [0.5, 0.6) is 11.5 Å². The lowest BCUT2D eigenvalue weighted by atomic mass is 10.2. The molecule has 2 atom stereocenters. The van der Waals surface area contributed by atoms with Crippen LogP contribution in [0.15, 0.2) is 48.5 Å². The van der Waals surface area contributed by atoms with E-state index in [0.29, 0.717) is 24.6 Å². The zero-order chi connectivity index (χ0) is 23.1. The summed E-state index contributed by atoms with van der Waals surface area (Å²) in [7, 11) is 0. The van der Waals surface area contributed by atoms with E-state index in [4.69, 9.17) is 41.4 Å². The van der Waals surface area contributed by atoms with Crippen LogP contribution in [-0.4, -0.2) is 57.8 Å². The van der Waals surface area contributed by atoms with E-state index in [1.165, 1.54) is 0 Å². The highest BCUT2D eigenvalue weighted by Gasteiger charge is 2.29. The van der Waals surface area contributed by atoms with Gasteiger partial charge in [0.2, 0.25) is 0 Å². The van der Waals surface area contributed by atoms with E-state index in [9.17, 15) is 9.59 Å². The molecule has 0 radical (unpaired) electrons. The number of anilines is 2. The maximum absolute atomic E-state index is 9.77. The smallest absolute Gasteiger partial charge is 0.335 e. The van der Waals surface area contributed by atoms with Crippen LogP contribution in [0.4, 0.5) is 11.4 Å². The third-order valence-corrected chi connectivity index (χ3v) is 3.24. The van der Waals surface area contributed by atoms with E-state index < -0.39 is 24.1 Å². The van der Waals surface area contributed by atoms with E-state index in [1.807, 2.05) is 62.4 Å². The Balaban J connectivity index is 0.000000420. The molecule has 0 fully saturated rings. The molecule has 2 aromatic carbocycles. The fourth-order valence-corrected chi connectivity index (χ4v) is 1.81. The molecule has 10 nitrogen and oxygen atoms in total. The molecule has 0 bridgehead atoms. The standard InChI is InChI=1S/2C8H11NO.C4H6O6/c2*1-2-10-8-6-4-3-5-7(8)9;5-1(3(7)8)2(6)4(9)10/h2*3-6H,2,9H2,1H3;1-2,5-6H,(H,7,8)(H,9,10). The van der Waals surface area contributed by atoms with Gasteiger partial charge in [0, 0.05) is 0 Å². The largest absolute Gasteiger partial charge is 0.492 e. The molecule has 0 aliphatic rings. The second kappa shape index (κ2) is 14.5. The maximum Gasteiger partial charge on any atom is 0.335 e. The Morgan fingerprint density at radius 1 is 0.767 bits per heavy atom. The topological polar surface area (TPSA) is 186 Å². The highest BCUT2D eigenvalue weighted by atomic mass is 16.5. The first-order valence-corrected chi connectivity index (χ1v) is 8.91. The minimum Gasteiger partial charge on any atom is -0.492 e. The molecule has 0 saturated carbocycles. The number of carbonyl (C=O) groups is 2. The van der Waals surface area contributed by atoms with Gasteiger partial charge in [0.05, 0.1) is 24.6 Å². The Morgan fingerprint density at radius 2 is 1.07 bits per heavy atom. The molecular weight excluding hydrogens is 396 g/mol. The van der Waals surface area contributed by atoms with Crippen molar-refractivity contribution in [3.8, 4) is 11.5 Å². The molecule has 0 aliphatic heterocycles. The van der Waals surface area contributed by atoms with Crippen molar-refractivity contribution in [1.29, 1.82) is 0 Å². The molecule has 30 heavy (non-hydrogen) atoms. The minimum absolute atomic E-state index is 0.661. The second-order valence-corrected chi connectivity index (χ2v) is 5.51. The van der Waals surface area contributed by atoms with Crippen LogP contribution in [0.1, 0.15) is 13.8 Å². The Hall–Kier alpha value is -3.50. The lowest BCUT2D eigenvalue weighted by Crippen LogP contribution is -2.39. The number of nitrogen functional groups attached to an aromatic ring is 2. The van der Waals surface area contributed by atoms with Crippen LogP contribution in [0, 0.1) is 0 Å². The number of nitrogens with two attached hydrogens (primary N) is 2. The zero-order valence-corrected chi connectivity index (χ0v) is 16.8. The quantitative estimate of drug-likeness (QED) is 0.353. The van der Waals surface area contributed by atoms with Crippen molar-refractivity contribution in [1.82, 2.24) is 0 Å². The third-order valence-electron chi connectivity index (χ3n) is 3.24. The van der Waals surface area contributed by atoms with Crippen molar-refractivity contribution < 1.29 is 39.5 Å². The first kappa shape index (κ1) is 26.5. The summed E-state index contributed by atoms with van der Waals surface area (Å²) >= 11 is 0. The minimum atomic E-state index is -2.27. The van der Waals surface area contributed by atoms with Gasteiger partial charge in [-0.15, -0.1) is 0 Å². The summed E-state index contributed by atoms with van der Waals surface area (Å²) in [5.74, 6) is -2.00. The Labute approximate surface area is 174 Å². The Morgan fingerprint density at radius 3 is 1.30 bits per heavy atom. The normalized spacial score (nSPS) is 11.5. The lowest BCUT2D eigenvalue weighted by Gasteiger charge is -2.07. The number of para-hydroxylation sites is 4. The highest BCUT2D eigenvalue weighted by molar-refractivity contribution is 5.83. The number of hydrogen-bond acceptors (Lipinski definition) is 8. The molecular formula is C20H28N2O8. The number of aliphatic hydroxyl groups excluding tert-OH is 2. The summed E-state index contributed by atoms with van der Waals surface area (Å²) in [4.78, 5) is 19.5. The van der Waals surface area contributed by atoms with E-state index in [-0.39, 0.29) is 0 Å². The van der Waals surface area contributed by atoms with Gasteiger partial charge in [0.25, 0.3) is 0 Å². The van der Waals surface area contributed by atoms with Crippen molar-refractivity contribution in [3.63, 3.8) is 0 Å². The van der Waals surface area contributed by atoms with E-state index in [0.717, 1.165) is 11.5 Å². The molecule has 0 amide bonds. The average Bonchev–Trinajstić information content (AvgIpc) is 2.71. The fourth-order valence-electron chi connectivity index (χ4n) is 1.81. The van der Waals surface area contributed by atoms with Gasteiger partial charge in [-0.3, -0.25) is 0 Å². The van der Waals surface area contributed by atoms with Crippen LogP contribution < -0.4 is 20.9 Å². The van der Waals surface area contributed by atoms with Gasteiger partial charge in [-0.1, -0.05) is 24.3 Å². The van der Waals surface area contributed by atoms with Crippen molar-refractivity contribution >= 4 is 23.3 Å². The maximum atomic E-state index is 9.77. The first-order valence-electron chi connectivity index (χ1n) is 8.91. The highest BCUT2D eigenvalue weighted by Crippen LogP contribution is 2.19. The molecule has 166 valence electrons. The SMILES string of the molecule is CCOc1ccccc1N.CCOc1ccccc1N.O=C(O)C(O)C(O)C(=O)O. The van der Waals surface area contributed by atoms with Crippen LogP contribution in [0.3, 0.4) is 0 Å². The molecule has 8 N–H and O–H groups in total. The van der Waals surface area contributed by atoms with Crippen LogP contribution in [0.25, 0.3) is 0 Å². The van der Waals surface area contributed by atoms with E-state index >= 15 is 0 Å². The summed E-state index contributed by atoms with van der Waals surface area (Å²) in [5.41, 5.74) is 12.6. The molecule has 0 aliphatic carbocycles. The average molecular weight is 424 g/mol. The van der Waals surface area contributed by atoms with Gasteiger partial charge in [-0.05, 0) is 38.1 Å². The third kappa shape index (κ3) is 10.2. The molecule has 0 heterocycles. The number of benzene rings is 2. The van der Waals surface area contributed by atoms with Gasteiger partial charge >= 0.3 is 11.9 Å². The number of carboxylic acids is 2. The van der Waals surface area contributed by atoms with Gasteiger partial charge in [-0.2, -0.15) is 0 Å². The van der Waals surface area contributed by atoms with Gasteiger partial charge in [0.1, 0.15) is 11.5 Å². The summed E-state index contributed by atoms with van der Waals surface area (Å²) in [6.45, 7) is 5.20. The fraction of sp³-hybridized carbons (Fsp3) is 0.300. The van der Waals surface area contributed by atoms with Crippen LogP contribution in [-0.2, 0) is 9.59 Å². The summed E-state index contributed by atoms with van der Waals surface area (Å²) in [6, 6.07) is 15.0. The van der Waals surface area contributed by atoms with Gasteiger partial charge in [0.15, 0.2) is 12.2 Å². The van der Waals surface area contributed by atoms with E-state index in [1.54, 1.807) is 0 Å². The number of aliphatic hydroxyl groups is 2. The summed E-state index contributed by atoms with van der Waals surface area (Å²) in [5, 5.41) is 32.5. The summed E-state index contributed by atoms with van der Waals surface area (Å²) in [6.07, 6.45) is -4.53. The van der Waals surface area contributed by atoms with E-state index in [2.05, 4.69) is 0 Å². The number of ether oxygens (including phenoxy) is 2. The second-order valence-electron chi connectivity index (χ2n) is 5.51. The van der Waals surface area contributed by atoms with Crippen LogP contribution in [0.2, 0.25) is 0 Å². The number of carboxylic acid groups (broad SMARTS) is 2. The number of aliphatic carboxylic acids is 2. The molecule has 2 aromatic rings. The number of hydrogen-bond donors (Lipinski definition) is 6. The number of rotatable bonds is 7. The molecule has 0 aromatic heterocycles. The molecule has 0 saturated heterocycles. The van der Waals surface area contributed by atoms with Crippen molar-refractivity contribution in [2.24, 2.45) is 0 Å². The van der Waals surface area contributed by atoms with Crippen molar-refractivity contribution in [2.45, 2.75) is 26.1 Å². The molecule has 10 heteroatoms. The lowest BCUT2D eigenvalue weighted by molar-refractivity contribution is -0.165. The molecule has 2 rings (SSSR count).